The fourth-order valence-corrected chi connectivity index (χ4v) is 14.6. The molecule has 0 unspecified atom stereocenters. The summed E-state index contributed by atoms with van der Waals surface area (Å²) in [7, 11) is -0.476. The molecule has 13 heteroatoms. The van der Waals surface area contributed by atoms with E-state index in [1.165, 1.54) is 189 Å². The number of aryl methyl sites for hydroxylation is 2. The van der Waals surface area contributed by atoms with Gasteiger partial charge >= 0.3 is 14.2 Å². The van der Waals surface area contributed by atoms with Gasteiger partial charge in [0.25, 0.3) is 0 Å². The molecule has 6 nitrogen and oxygen atoms in total. The van der Waals surface area contributed by atoms with Crippen LogP contribution in [0.3, 0.4) is 0 Å². The van der Waals surface area contributed by atoms with E-state index in [1.807, 2.05) is 22.7 Å². The van der Waals surface area contributed by atoms with Crippen LogP contribution in [0.25, 0.3) is 43.0 Å². The van der Waals surface area contributed by atoms with Crippen molar-refractivity contribution in [1.82, 2.24) is 8.75 Å². The van der Waals surface area contributed by atoms with E-state index < -0.39 is 0 Å². The molecule has 2 fully saturated rings. The number of halogens is 2. The first-order valence-electron chi connectivity index (χ1n) is 26.0. The summed E-state index contributed by atoms with van der Waals surface area (Å²) >= 11 is 12.6. The quantitative estimate of drug-likeness (QED) is 0.0445. The number of thiophene rings is 2. The Bertz CT molecular complexity index is 2360. The Labute approximate surface area is 437 Å². The molecule has 0 spiro atoms. The lowest BCUT2D eigenvalue weighted by Crippen LogP contribution is -2.35. The Hall–Kier alpha value is -2.19. The number of aromatic nitrogens is 2. The molecule has 3 aromatic carbocycles. The van der Waals surface area contributed by atoms with E-state index in [2.05, 4.69) is 120 Å². The summed E-state index contributed by atoms with van der Waals surface area (Å²) in [5.74, 6) is 0. The van der Waals surface area contributed by atoms with Crippen LogP contribution >= 0.6 is 66.3 Å². The third-order valence-corrected chi connectivity index (χ3v) is 18.7. The number of hydrogen-bond acceptors (Lipinski definition) is 9. The first-order chi connectivity index (χ1) is 33.4. The molecule has 6 aromatic rings. The van der Waals surface area contributed by atoms with Crippen molar-refractivity contribution in [3.05, 3.63) is 90.5 Å². The van der Waals surface area contributed by atoms with Crippen LogP contribution in [-0.2, 0) is 36.9 Å². The van der Waals surface area contributed by atoms with Gasteiger partial charge in [0, 0.05) is 26.3 Å². The van der Waals surface area contributed by atoms with Crippen LogP contribution in [0.15, 0.2) is 68.2 Å². The topological polar surface area (TPSA) is 62.7 Å². The minimum Gasteiger partial charge on any atom is -0.405 e. The third-order valence-electron chi connectivity index (χ3n) is 14.2. The van der Waals surface area contributed by atoms with Crippen LogP contribution in [0.2, 0.25) is 0 Å². The van der Waals surface area contributed by atoms with Crippen LogP contribution in [0.1, 0.15) is 166 Å². The number of unbranched alkanes of at least 4 members (excludes halogenated alkanes) is 12. The van der Waals surface area contributed by atoms with Crippen LogP contribution in [0.4, 0.5) is 0 Å². The molecule has 0 bridgehead atoms. The van der Waals surface area contributed by atoms with E-state index >= 15 is 0 Å². The van der Waals surface area contributed by atoms with Gasteiger partial charge in [-0.2, -0.15) is 8.75 Å². The van der Waals surface area contributed by atoms with E-state index in [4.69, 9.17) is 27.4 Å². The van der Waals surface area contributed by atoms with Crippen molar-refractivity contribution in [2.75, 3.05) is 26.4 Å². The molecule has 0 atom stereocenters. The SMILES string of the molecule is CCCCCCC1(CCCCCC)c2cc(B3OCCO3)ccc2-c2ccc(B3OCCO3)cc21.CCCCCCc1cc(-c2ccc(-c3cc(CCCCCC)c(Br)s3)c3nsnc23)sc1Br. The largest absolute Gasteiger partial charge is 0.494 e. The first kappa shape index (κ1) is 52.1. The third kappa shape index (κ3) is 12.3. The average Bonchev–Trinajstić information content (AvgIpc) is 4.24. The predicted molar refractivity (Wildman–Crippen MR) is 300 cm³/mol. The molecular weight excluding hydrogens is 1030 g/mol. The highest BCUT2D eigenvalue weighted by Gasteiger charge is 2.44. The Morgan fingerprint density at radius 1 is 0.485 bits per heavy atom. The summed E-state index contributed by atoms with van der Waals surface area (Å²) in [5, 5.41) is 0. The predicted octanol–water partition coefficient (Wildman–Crippen LogP) is 16.3. The fourth-order valence-electron chi connectivity index (χ4n) is 10.5. The molecule has 362 valence electrons. The summed E-state index contributed by atoms with van der Waals surface area (Å²) in [4.78, 5) is 2.56. The van der Waals surface area contributed by atoms with Crippen molar-refractivity contribution < 1.29 is 18.6 Å². The zero-order valence-electron chi connectivity index (χ0n) is 40.9. The minimum atomic E-state index is -0.238. The standard InChI is InChI=1S/C29H40B2O4.C26H30Br2N2S3/c1-3-5-7-9-15-29(16-10-8-6-4-2)27-21-23(30-32-17-18-33-30)11-13-25(27)26-14-12-24(22-28(26)29)31-34-19-20-35-31;1-3-5-7-9-11-17-15-21(31-25(17)27)19-13-14-20(24-23(19)29-33-30-24)22-16-18(26(28)32-22)12-10-8-6-4-2/h11-14,21-22H,3-10,15-20H2,1-2H3;13-16H,3-12H2,1-2H3. The lowest BCUT2D eigenvalue weighted by Gasteiger charge is -2.33. The second-order valence-corrected chi connectivity index (χ2v) is 24.3. The van der Waals surface area contributed by atoms with Gasteiger partial charge in [0.2, 0.25) is 0 Å². The maximum atomic E-state index is 5.90. The minimum absolute atomic E-state index is 0.0232. The normalized spacial score (nSPS) is 15.1. The second-order valence-electron chi connectivity index (χ2n) is 19.0. The van der Waals surface area contributed by atoms with E-state index in [0.29, 0.717) is 26.4 Å². The van der Waals surface area contributed by atoms with Gasteiger partial charge in [-0.25, -0.2) is 0 Å². The fraction of sp³-hybridized carbons (Fsp3) is 0.527. The molecule has 3 aliphatic rings. The monoisotopic (exact) mass is 1100 g/mol. The molecule has 2 aliphatic heterocycles. The molecule has 9 rings (SSSR count). The summed E-state index contributed by atoms with van der Waals surface area (Å²) in [6.45, 7) is 11.8. The number of hydrogen-bond donors (Lipinski definition) is 0. The van der Waals surface area contributed by atoms with Crippen LogP contribution < -0.4 is 10.9 Å². The molecular formula is C55H70B2Br2N2O4S3. The Balaban J connectivity index is 0.000000184. The van der Waals surface area contributed by atoms with Crippen molar-refractivity contribution in [1.29, 1.82) is 0 Å². The molecule has 0 saturated carbocycles. The van der Waals surface area contributed by atoms with Gasteiger partial charge < -0.3 is 18.6 Å². The highest BCUT2D eigenvalue weighted by atomic mass is 79.9. The van der Waals surface area contributed by atoms with Crippen molar-refractivity contribution in [3.8, 4) is 32.0 Å². The van der Waals surface area contributed by atoms with E-state index in [0.717, 1.165) is 34.8 Å². The average molecular weight is 1100 g/mol. The summed E-state index contributed by atoms with van der Waals surface area (Å²) < 4.78 is 35.6. The van der Waals surface area contributed by atoms with Gasteiger partial charge in [-0.05, 0) is 127 Å². The Morgan fingerprint density at radius 3 is 1.26 bits per heavy atom. The lowest BCUT2D eigenvalue weighted by molar-refractivity contribution is 0.365. The Morgan fingerprint density at radius 2 is 0.868 bits per heavy atom. The maximum absolute atomic E-state index is 5.90. The van der Waals surface area contributed by atoms with E-state index in [9.17, 15) is 0 Å². The zero-order chi connectivity index (χ0) is 47.3. The molecule has 68 heavy (non-hydrogen) atoms. The highest BCUT2D eigenvalue weighted by molar-refractivity contribution is 9.11. The van der Waals surface area contributed by atoms with Gasteiger partial charge in [-0.3, -0.25) is 0 Å². The van der Waals surface area contributed by atoms with E-state index in [1.54, 1.807) is 0 Å². The van der Waals surface area contributed by atoms with Crippen molar-refractivity contribution in [2.45, 2.75) is 162 Å². The van der Waals surface area contributed by atoms with E-state index in [-0.39, 0.29) is 19.7 Å². The first-order valence-corrected chi connectivity index (χ1v) is 29.9. The second kappa shape index (κ2) is 26.0. The van der Waals surface area contributed by atoms with Crippen LogP contribution in [0.5, 0.6) is 0 Å². The van der Waals surface area contributed by atoms with Gasteiger partial charge in [0.05, 0.1) is 45.7 Å². The summed E-state index contributed by atoms with van der Waals surface area (Å²) in [6.07, 6.45) is 25.2. The van der Waals surface area contributed by atoms with Crippen molar-refractivity contribution >= 4 is 102 Å². The Kier molecular flexibility index (Phi) is 19.9. The molecule has 0 radical (unpaired) electrons. The summed E-state index contributed by atoms with van der Waals surface area (Å²) in [5.41, 5.74) is 15.3. The maximum Gasteiger partial charge on any atom is 0.494 e. The summed E-state index contributed by atoms with van der Waals surface area (Å²) in [6, 6.07) is 23.1. The molecule has 0 N–H and O–H groups in total. The van der Waals surface area contributed by atoms with Gasteiger partial charge in [0.1, 0.15) is 11.0 Å². The van der Waals surface area contributed by atoms with Crippen LogP contribution in [-0.4, -0.2) is 49.4 Å². The smallest absolute Gasteiger partial charge is 0.405 e. The number of benzene rings is 3. The van der Waals surface area contributed by atoms with Crippen molar-refractivity contribution in [2.24, 2.45) is 0 Å². The molecule has 0 amide bonds. The molecule has 2 saturated heterocycles. The lowest BCUT2D eigenvalue weighted by atomic mass is 9.67. The van der Waals surface area contributed by atoms with Gasteiger partial charge in [0.15, 0.2) is 0 Å². The van der Waals surface area contributed by atoms with Gasteiger partial charge in [-0.1, -0.05) is 166 Å². The number of nitrogens with zero attached hydrogens (tertiary/aromatic N) is 2. The van der Waals surface area contributed by atoms with Crippen molar-refractivity contribution in [3.63, 3.8) is 0 Å². The zero-order valence-corrected chi connectivity index (χ0v) is 46.5. The van der Waals surface area contributed by atoms with Crippen LogP contribution in [0, 0.1) is 0 Å². The molecule has 1 aliphatic carbocycles. The molecule has 3 aromatic heterocycles. The number of fused-ring (bicyclic) bond motifs is 4. The molecule has 5 heterocycles. The highest BCUT2D eigenvalue weighted by Crippen LogP contribution is 2.54. The number of rotatable bonds is 24. The van der Waals surface area contributed by atoms with Gasteiger partial charge in [-0.15, -0.1) is 22.7 Å².